The van der Waals surface area contributed by atoms with Gasteiger partial charge in [-0.3, -0.25) is 4.21 Å². The van der Waals surface area contributed by atoms with Crippen LogP contribution < -0.4 is 0 Å². The van der Waals surface area contributed by atoms with E-state index in [9.17, 15) is 13.4 Å². The van der Waals surface area contributed by atoms with Crippen LogP contribution in [0.5, 0.6) is 0 Å². The molecule has 1 rings (SSSR count). The molecule has 0 bridgehead atoms. The Morgan fingerprint density at radius 1 is 1.50 bits per heavy atom. The first-order valence-electron chi connectivity index (χ1n) is 6.09. The van der Waals surface area contributed by atoms with Gasteiger partial charge in [0.25, 0.3) is 0 Å². The Hall–Kier alpha value is -1.74. The van der Waals surface area contributed by atoms with Crippen LogP contribution in [0.1, 0.15) is 37.0 Å². The Bertz CT molecular complexity index is 578. The van der Waals surface area contributed by atoms with Crippen LogP contribution in [0.25, 0.3) is 0 Å². The van der Waals surface area contributed by atoms with E-state index >= 15 is 0 Å². The maximum Gasteiger partial charge on any atom is 0.338 e. The third kappa shape index (κ3) is 4.42. The molecule has 1 atom stereocenters. The molecule has 0 aliphatic carbocycles. The normalized spacial score (nSPS) is 12.7. The number of halogens is 1. The maximum absolute atomic E-state index is 13.2. The second-order valence-electron chi connectivity index (χ2n) is 5.10. The summed E-state index contributed by atoms with van der Waals surface area (Å²) in [5.74, 6) is -1.91. The summed E-state index contributed by atoms with van der Waals surface area (Å²) < 4.78 is 25.2. The van der Waals surface area contributed by atoms with E-state index in [1.54, 1.807) is 13.8 Å². The lowest BCUT2D eigenvalue weighted by Crippen LogP contribution is -2.10. The van der Waals surface area contributed by atoms with Crippen LogP contribution in [0.15, 0.2) is 23.1 Å². The second kappa shape index (κ2) is 6.62. The number of nitriles is 1. The molecular weight excluding hydrogens is 281 g/mol. The van der Waals surface area contributed by atoms with E-state index in [0.717, 1.165) is 12.1 Å². The number of hydrogen-bond donors (Lipinski definition) is 1. The molecule has 6 heteroatoms. The van der Waals surface area contributed by atoms with E-state index in [2.05, 4.69) is 6.07 Å². The standard InChI is InChI=1S/C14H16FNO3S/c1-14(2,9-16)6-3-7-20(19)10-4-5-12(15)11(8-10)13(17)18/h4-5,8H,3,6-7H2,1-2H3,(H,17,18). The van der Waals surface area contributed by atoms with Gasteiger partial charge in [-0.2, -0.15) is 5.26 Å². The predicted molar refractivity (Wildman–Crippen MR) is 73.3 cm³/mol. The van der Waals surface area contributed by atoms with Crippen molar-refractivity contribution in [2.24, 2.45) is 5.41 Å². The molecule has 108 valence electrons. The molecule has 0 heterocycles. The van der Waals surface area contributed by atoms with E-state index < -0.39 is 33.6 Å². The average Bonchev–Trinajstić information content (AvgIpc) is 2.38. The fourth-order valence-electron chi connectivity index (χ4n) is 1.63. The molecular formula is C14H16FNO3S. The number of carboxylic acid groups (broad SMARTS) is 1. The summed E-state index contributed by atoms with van der Waals surface area (Å²) in [5, 5.41) is 17.7. The van der Waals surface area contributed by atoms with E-state index in [-0.39, 0.29) is 0 Å². The van der Waals surface area contributed by atoms with Crippen LogP contribution in [0.2, 0.25) is 0 Å². The first-order chi connectivity index (χ1) is 9.26. The van der Waals surface area contributed by atoms with Gasteiger partial charge in [0.1, 0.15) is 5.82 Å². The van der Waals surface area contributed by atoms with Crippen LogP contribution in [0.3, 0.4) is 0 Å². The quantitative estimate of drug-likeness (QED) is 0.875. The maximum atomic E-state index is 13.2. The van der Waals surface area contributed by atoms with Gasteiger partial charge in [0.15, 0.2) is 0 Å². The van der Waals surface area contributed by atoms with Gasteiger partial charge < -0.3 is 5.11 Å². The van der Waals surface area contributed by atoms with Crippen molar-refractivity contribution in [1.82, 2.24) is 0 Å². The number of nitrogens with zero attached hydrogens (tertiary/aromatic N) is 1. The SMILES string of the molecule is CC(C)(C#N)CCCS(=O)c1ccc(F)c(C(=O)O)c1. The summed E-state index contributed by atoms with van der Waals surface area (Å²) in [4.78, 5) is 11.1. The molecule has 0 spiro atoms. The first-order valence-corrected chi connectivity index (χ1v) is 7.41. The molecule has 0 aromatic heterocycles. The van der Waals surface area contributed by atoms with Crippen LogP contribution in [0.4, 0.5) is 4.39 Å². The molecule has 0 saturated carbocycles. The van der Waals surface area contributed by atoms with Crippen molar-refractivity contribution < 1.29 is 18.5 Å². The smallest absolute Gasteiger partial charge is 0.338 e. The lowest BCUT2D eigenvalue weighted by Gasteiger charge is -2.14. The van der Waals surface area contributed by atoms with Crippen LogP contribution in [0, 0.1) is 22.6 Å². The summed E-state index contributed by atoms with van der Waals surface area (Å²) in [6, 6.07) is 5.60. The highest BCUT2D eigenvalue weighted by molar-refractivity contribution is 7.85. The van der Waals surface area contributed by atoms with E-state index in [1.807, 2.05) is 0 Å². The topological polar surface area (TPSA) is 78.2 Å². The van der Waals surface area contributed by atoms with Crippen molar-refractivity contribution in [1.29, 1.82) is 5.26 Å². The number of carboxylic acids is 1. The predicted octanol–water partition coefficient (Wildman–Crippen LogP) is 2.96. The molecule has 4 nitrogen and oxygen atoms in total. The van der Waals surface area contributed by atoms with Crippen LogP contribution in [-0.2, 0) is 10.8 Å². The van der Waals surface area contributed by atoms with Crippen LogP contribution >= 0.6 is 0 Å². The molecule has 1 N–H and O–H groups in total. The fourth-order valence-corrected chi connectivity index (χ4v) is 2.74. The molecule has 1 aromatic rings. The van der Waals surface area contributed by atoms with Crippen molar-refractivity contribution in [3.63, 3.8) is 0 Å². The van der Waals surface area contributed by atoms with E-state index in [1.165, 1.54) is 6.07 Å². The highest BCUT2D eigenvalue weighted by atomic mass is 32.2. The zero-order chi connectivity index (χ0) is 15.3. The number of rotatable bonds is 6. The lowest BCUT2D eigenvalue weighted by atomic mass is 9.90. The molecule has 20 heavy (non-hydrogen) atoms. The number of carbonyl (C=O) groups is 1. The van der Waals surface area contributed by atoms with Gasteiger partial charge in [0.2, 0.25) is 0 Å². The Morgan fingerprint density at radius 2 is 2.15 bits per heavy atom. The van der Waals surface area contributed by atoms with Crippen molar-refractivity contribution in [2.45, 2.75) is 31.6 Å². The zero-order valence-corrected chi connectivity index (χ0v) is 12.2. The average molecular weight is 297 g/mol. The lowest BCUT2D eigenvalue weighted by molar-refractivity contribution is 0.0691. The minimum absolute atomic E-state index is 0.290. The summed E-state index contributed by atoms with van der Waals surface area (Å²) >= 11 is 0. The molecule has 0 amide bonds. The molecule has 0 aliphatic heterocycles. The van der Waals surface area contributed by atoms with Gasteiger partial charge in [0.05, 0.1) is 27.8 Å². The Balaban J connectivity index is 2.72. The largest absolute Gasteiger partial charge is 0.478 e. The molecule has 0 fully saturated rings. The third-order valence-corrected chi connectivity index (χ3v) is 4.30. The Morgan fingerprint density at radius 3 is 2.70 bits per heavy atom. The molecule has 0 aliphatic rings. The number of aromatic carboxylic acids is 1. The van der Waals surface area contributed by atoms with Crippen LogP contribution in [-0.4, -0.2) is 21.0 Å². The molecule has 1 unspecified atom stereocenters. The number of benzene rings is 1. The summed E-state index contributed by atoms with van der Waals surface area (Å²) in [5.41, 5.74) is -0.952. The van der Waals surface area contributed by atoms with Crippen molar-refractivity contribution >= 4 is 16.8 Å². The van der Waals surface area contributed by atoms with Crippen molar-refractivity contribution in [3.05, 3.63) is 29.6 Å². The fraction of sp³-hybridized carbons (Fsp3) is 0.429. The minimum Gasteiger partial charge on any atom is -0.478 e. The second-order valence-corrected chi connectivity index (χ2v) is 6.67. The number of hydrogen-bond acceptors (Lipinski definition) is 3. The molecule has 0 radical (unpaired) electrons. The van der Waals surface area contributed by atoms with Crippen molar-refractivity contribution in [3.8, 4) is 6.07 Å². The van der Waals surface area contributed by atoms with Crippen molar-refractivity contribution in [2.75, 3.05) is 5.75 Å². The van der Waals surface area contributed by atoms with Gasteiger partial charge >= 0.3 is 5.97 Å². The van der Waals surface area contributed by atoms with Gasteiger partial charge in [-0.05, 0) is 44.9 Å². The van der Waals surface area contributed by atoms with E-state index in [4.69, 9.17) is 10.4 Å². The van der Waals surface area contributed by atoms with Gasteiger partial charge in [-0.15, -0.1) is 0 Å². The summed E-state index contributed by atoms with van der Waals surface area (Å²) in [6.07, 6.45) is 1.18. The molecule has 1 aromatic carbocycles. The van der Waals surface area contributed by atoms with E-state index in [0.29, 0.717) is 23.5 Å². The highest BCUT2D eigenvalue weighted by Crippen LogP contribution is 2.22. The first kappa shape index (κ1) is 16.3. The Kier molecular flexibility index (Phi) is 5.40. The van der Waals surface area contributed by atoms with Gasteiger partial charge in [-0.1, -0.05) is 0 Å². The monoisotopic (exact) mass is 297 g/mol. The minimum atomic E-state index is -1.39. The summed E-state index contributed by atoms with van der Waals surface area (Å²) in [7, 11) is -1.39. The van der Waals surface area contributed by atoms with Gasteiger partial charge in [0, 0.05) is 10.6 Å². The van der Waals surface area contributed by atoms with Gasteiger partial charge in [-0.25, -0.2) is 9.18 Å². The third-order valence-electron chi connectivity index (χ3n) is 2.87. The highest BCUT2D eigenvalue weighted by Gasteiger charge is 2.18. The Labute approximate surface area is 119 Å². The molecule has 0 saturated heterocycles. The zero-order valence-electron chi connectivity index (χ0n) is 11.4. The summed E-state index contributed by atoms with van der Waals surface area (Å²) in [6.45, 7) is 3.60.